The fraction of sp³-hybridized carbons (Fsp3) is 0.333. The van der Waals surface area contributed by atoms with Gasteiger partial charge in [-0.2, -0.15) is 0 Å². The van der Waals surface area contributed by atoms with Crippen LogP contribution in [0.15, 0.2) is 41.8 Å². The second-order valence-corrected chi connectivity index (χ2v) is 7.58. The standard InChI is InChI=1S/C21H24FN5OS/c1-13-17(14(2)25-21(24-13)29-4)9-10-18(28)26-19(20-23-11-12-27(20)3)15-5-7-16(22)8-6-15/h5-8,11-12,19H,9-10H2,1-4H3,(H,26,28). The molecule has 0 bridgehead atoms. The van der Waals surface area contributed by atoms with Crippen molar-refractivity contribution >= 4 is 17.7 Å². The highest BCUT2D eigenvalue weighted by Crippen LogP contribution is 2.22. The fourth-order valence-electron chi connectivity index (χ4n) is 3.24. The van der Waals surface area contributed by atoms with Crippen LogP contribution in [0.3, 0.4) is 0 Å². The number of carbonyl (C=O) groups excluding carboxylic acids is 1. The summed E-state index contributed by atoms with van der Waals surface area (Å²) >= 11 is 1.50. The molecule has 1 aromatic carbocycles. The first-order chi connectivity index (χ1) is 13.9. The van der Waals surface area contributed by atoms with E-state index in [0.29, 0.717) is 18.7 Å². The van der Waals surface area contributed by atoms with Crippen LogP contribution in [0.5, 0.6) is 0 Å². The number of amides is 1. The molecule has 0 aliphatic carbocycles. The maximum Gasteiger partial charge on any atom is 0.221 e. The Bertz CT molecular complexity index is 980. The summed E-state index contributed by atoms with van der Waals surface area (Å²) in [5.74, 6) is 0.248. The van der Waals surface area contributed by atoms with Gasteiger partial charge in [0.1, 0.15) is 17.7 Å². The normalized spacial score (nSPS) is 12.0. The van der Waals surface area contributed by atoms with Crippen LogP contribution in [-0.4, -0.2) is 31.7 Å². The summed E-state index contributed by atoms with van der Waals surface area (Å²) in [7, 11) is 1.86. The van der Waals surface area contributed by atoms with Crippen LogP contribution in [0.2, 0.25) is 0 Å². The molecule has 3 aromatic rings. The molecule has 1 N–H and O–H groups in total. The largest absolute Gasteiger partial charge is 0.342 e. The molecule has 2 heterocycles. The molecule has 0 spiro atoms. The second kappa shape index (κ2) is 9.17. The Balaban J connectivity index is 1.76. The van der Waals surface area contributed by atoms with E-state index in [-0.39, 0.29) is 11.7 Å². The van der Waals surface area contributed by atoms with E-state index in [2.05, 4.69) is 20.3 Å². The molecule has 0 aliphatic rings. The average Bonchev–Trinajstić information content (AvgIpc) is 3.11. The monoisotopic (exact) mass is 413 g/mol. The molecule has 1 amide bonds. The zero-order valence-electron chi connectivity index (χ0n) is 16.9. The summed E-state index contributed by atoms with van der Waals surface area (Å²) < 4.78 is 15.2. The molecular weight excluding hydrogens is 389 g/mol. The molecule has 152 valence electrons. The van der Waals surface area contributed by atoms with E-state index in [1.807, 2.05) is 37.9 Å². The number of imidazole rings is 1. The van der Waals surface area contributed by atoms with Crippen LogP contribution in [0.4, 0.5) is 4.39 Å². The first kappa shape index (κ1) is 21.0. The Morgan fingerprint density at radius 1 is 1.21 bits per heavy atom. The third-order valence-electron chi connectivity index (χ3n) is 4.81. The van der Waals surface area contributed by atoms with Gasteiger partial charge in [0, 0.05) is 37.3 Å². The van der Waals surface area contributed by atoms with Gasteiger partial charge in [-0.3, -0.25) is 4.79 Å². The van der Waals surface area contributed by atoms with Crippen LogP contribution >= 0.6 is 11.8 Å². The molecule has 29 heavy (non-hydrogen) atoms. The van der Waals surface area contributed by atoms with Crippen LogP contribution in [0.1, 0.15) is 40.8 Å². The van der Waals surface area contributed by atoms with E-state index in [4.69, 9.17) is 0 Å². The lowest BCUT2D eigenvalue weighted by atomic mass is 10.0. The Morgan fingerprint density at radius 2 is 1.86 bits per heavy atom. The number of aromatic nitrogens is 4. The summed E-state index contributed by atoms with van der Waals surface area (Å²) in [5.41, 5.74) is 3.56. The third-order valence-corrected chi connectivity index (χ3v) is 5.36. The number of carbonyl (C=O) groups is 1. The average molecular weight is 414 g/mol. The van der Waals surface area contributed by atoms with E-state index in [1.165, 1.54) is 23.9 Å². The Kier molecular flexibility index (Phi) is 6.64. The highest BCUT2D eigenvalue weighted by atomic mass is 32.2. The Hall–Kier alpha value is -2.74. The first-order valence-electron chi connectivity index (χ1n) is 9.29. The van der Waals surface area contributed by atoms with Crippen molar-refractivity contribution in [2.75, 3.05) is 6.26 Å². The van der Waals surface area contributed by atoms with Gasteiger partial charge in [-0.05, 0) is 49.8 Å². The summed E-state index contributed by atoms with van der Waals surface area (Å²) in [4.78, 5) is 26.1. The smallest absolute Gasteiger partial charge is 0.221 e. The predicted molar refractivity (Wildman–Crippen MR) is 111 cm³/mol. The van der Waals surface area contributed by atoms with Crippen molar-refractivity contribution in [2.45, 2.75) is 37.9 Å². The maximum absolute atomic E-state index is 13.4. The van der Waals surface area contributed by atoms with Crippen molar-refractivity contribution in [1.82, 2.24) is 24.8 Å². The van der Waals surface area contributed by atoms with Crippen molar-refractivity contribution < 1.29 is 9.18 Å². The molecule has 0 aliphatic heterocycles. The van der Waals surface area contributed by atoms with Crippen LogP contribution in [0, 0.1) is 19.7 Å². The minimum Gasteiger partial charge on any atom is -0.342 e. The number of benzene rings is 1. The van der Waals surface area contributed by atoms with E-state index in [0.717, 1.165) is 27.7 Å². The van der Waals surface area contributed by atoms with Gasteiger partial charge in [-0.1, -0.05) is 23.9 Å². The SMILES string of the molecule is CSc1nc(C)c(CCC(=O)NC(c2ccc(F)cc2)c2nccn2C)c(C)n1. The lowest BCUT2D eigenvalue weighted by molar-refractivity contribution is -0.121. The van der Waals surface area contributed by atoms with Crippen molar-refractivity contribution in [3.05, 3.63) is 70.8 Å². The molecule has 0 saturated heterocycles. The van der Waals surface area contributed by atoms with E-state index >= 15 is 0 Å². The lowest BCUT2D eigenvalue weighted by Crippen LogP contribution is -2.31. The predicted octanol–water partition coefficient (Wildman–Crippen LogP) is 3.53. The molecular formula is C21H24FN5OS. The van der Waals surface area contributed by atoms with Gasteiger partial charge < -0.3 is 9.88 Å². The van der Waals surface area contributed by atoms with Crippen molar-refractivity contribution in [3.63, 3.8) is 0 Å². The molecule has 1 unspecified atom stereocenters. The third kappa shape index (κ3) is 5.00. The number of hydrogen-bond acceptors (Lipinski definition) is 5. The minimum atomic E-state index is -0.458. The van der Waals surface area contributed by atoms with Crippen molar-refractivity contribution in [3.8, 4) is 0 Å². The minimum absolute atomic E-state index is 0.116. The van der Waals surface area contributed by atoms with Gasteiger partial charge in [0.2, 0.25) is 5.91 Å². The molecule has 1 atom stereocenters. The van der Waals surface area contributed by atoms with E-state index in [9.17, 15) is 9.18 Å². The number of aryl methyl sites for hydroxylation is 3. The summed E-state index contributed by atoms with van der Waals surface area (Å²) in [6.45, 7) is 3.88. The topological polar surface area (TPSA) is 72.7 Å². The van der Waals surface area contributed by atoms with Crippen molar-refractivity contribution in [1.29, 1.82) is 0 Å². The maximum atomic E-state index is 13.4. The van der Waals surface area contributed by atoms with Crippen molar-refractivity contribution in [2.24, 2.45) is 7.05 Å². The molecule has 0 fully saturated rings. The van der Waals surface area contributed by atoms with Gasteiger partial charge in [-0.15, -0.1) is 0 Å². The molecule has 3 rings (SSSR count). The molecule has 8 heteroatoms. The molecule has 6 nitrogen and oxygen atoms in total. The molecule has 2 aromatic heterocycles. The second-order valence-electron chi connectivity index (χ2n) is 6.81. The van der Waals surface area contributed by atoms with Gasteiger partial charge in [0.05, 0.1) is 0 Å². The lowest BCUT2D eigenvalue weighted by Gasteiger charge is -2.19. The van der Waals surface area contributed by atoms with Gasteiger partial charge in [0.15, 0.2) is 5.16 Å². The summed E-state index contributed by atoms with van der Waals surface area (Å²) in [5, 5.41) is 3.77. The number of nitrogens with one attached hydrogen (secondary N) is 1. The van der Waals surface area contributed by atoms with Gasteiger partial charge in [-0.25, -0.2) is 19.3 Å². The number of thioether (sulfide) groups is 1. The van der Waals surface area contributed by atoms with Gasteiger partial charge >= 0.3 is 0 Å². The highest BCUT2D eigenvalue weighted by Gasteiger charge is 2.21. The number of rotatable bonds is 7. The van der Waals surface area contributed by atoms with Crippen LogP contribution in [0.25, 0.3) is 0 Å². The Labute approximate surface area is 174 Å². The van der Waals surface area contributed by atoms with Crippen LogP contribution < -0.4 is 5.32 Å². The first-order valence-corrected chi connectivity index (χ1v) is 10.5. The number of halogens is 1. The van der Waals surface area contributed by atoms with Crippen LogP contribution in [-0.2, 0) is 18.3 Å². The molecule has 0 saturated carbocycles. The highest BCUT2D eigenvalue weighted by molar-refractivity contribution is 7.98. The molecule has 0 radical (unpaired) electrons. The number of nitrogens with zero attached hydrogens (tertiary/aromatic N) is 4. The zero-order chi connectivity index (χ0) is 21.0. The van der Waals surface area contributed by atoms with E-state index < -0.39 is 6.04 Å². The zero-order valence-corrected chi connectivity index (χ0v) is 17.8. The summed E-state index contributed by atoms with van der Waals surface area (Å²) in [6, 6.07) is 5.64. The fourth-order valence-corrected chi connectivity index (χ4v) is 3.70. The number of hydrogen-bond donors (Lipinski definition) is 1. The van der Waals surface area contributed by atoms with E-state index in [1.54, 1.807) is 18.3 Å². The summed E-state index contributed by atoms with van der Waals surface area (Å²) in [6.07, 6.45) is 6.28. The Morgan fingerprint density at radius 3 is 2.41 bits per heavy atom. The quantitative estimate of drug-likeness (QED) is 0.474. The van der Waals surface area contributed by atoms with Gasteiger partial charge in [0.25, 0.3) is 0 Å².